The number of hydrogen-bond donors (Lipinski definition) is 1. The fourth-order valence-corrected chi connectivity index (χ4v) is 4.00. The summed E-state index contributed by atoms with van der Waals surface area (Å²) in [6, 6.07) is 14.1. The number of fused-ring (bicyclic) bond motifs is 1. The first kappa shape index (κ1) is 15.7. The summed E-state index contributed by atoms with van der Waals surface area (Å²) in [5.41, 5.74) is 8.22. The third-order valence-corrected chi connectivity index (χ3v) is 5.36. The first-order chi connectivity index (χ1) is 11.5. The summed E-state index contributed by atoms with van der Waals surface area (Å²) in [6.45, 7) is 0.979. The van der Waals surface area contributed by atoms with E-state index >= 15 is 0 Å². The molecule has 2 aliphatic rings. The molecule has 24 heavy (non-hydrogen) atoms. The van der Waals surface area contributed by atoms with Gasteiger partial charge in [0.25, 0.3) is 0 Å². The summed E-state index contributed by atoms with van der Waals surface area (Å²) in [6.07, 6.45) is -2.28. The molecular formula is C19H19F3N2. The van der Waals surface area contributed by atoms with Crippen molar-refractivity contribution in [1.29, 1.82) is 0 Å². The van der Waals surface area contributed by atoms with Crippen molar-refractivity contribution < 1.29 is 13.2 Å². The molecule has 1 unspecified atom stereocenters. The molecule has 0 saturated heterocycles. The monoisotopic (exact) mass is 332 g/mol. The van der Waals surface area contributed by atoms with Crippen LogP contribution >= 0.6 is 0 Å². The highest BCUT2D eigenvalue weighted by Gasteiger charge is 2.53. The lowest BCUT2D eigenvalue weighted by molar-refractivity contribution is -0.137. The Bertz CT molecular complexity index is 751. The number of halogens is 3. The molecule has 0 bridgehead atoms. The van der Waals surface area contributed by atoms with E-state index < -0.39 is 11.7 Å². The van der Waals surface area contributed by atoms with E-state index in [1.807, 2.05) is 18.2 Å². The largest absolute Gasteiger partial charge is 0.416 e. The molecule has 0 radical (unpaired) electrons. The quantitative estimate of drug-likeness (QED) is 0.912. The van der Waals surface area contributed by atoms with E-state index in [0.717, 1.165) is 24.0 Å². The van der Waals surface area contributed by atoms with Crippen molar-refractivity contribution in [2.75, 3.05) is 6.54 Å². The van der Waals surface area contributed by atoms with Gasteiger partial charge in [0.2, 0.25) is 0 Å². The Kier molecular flexibility index (Phi) is 3.48. The highest BCUT2D eigenvalue weighted by atomic mass is 19.4. The molecule has 1 saturated carbocycles. The average molecular weight is 332 g/mol. The smallest absolute Gasteiger partial charge is 0.329 e. The maximum absolute atomic E-state index is 13.1. The highest BCUT2D eigenvalue weighted by molar-refractivity contribution is 5.42. The Balaban J connectivity index is 1.72. The third-order valence-electron chi connectivity index (χ3n) is 5.36. The number of rotatable bonds is 3. The SMILES string of the molecule is NCC1c2cc(C(F)(F)F)ccc2CN1C1(c2ccccc2)CC1. The van der Waals surface area contributed by atoms with Gasteiger partial charge in [-0.1, -0.05) is 36.4 Å². The molecule has 2 aromatic carbocycles. The summed E-state index contributed by atoms with van der Waals surface area (Å²) in [7, 11) is 0. The summed E-state index contributed by atoms with van der Waals surface area (Å²) < 4.78 is 39.2. The fraction of sp³-hybridized carbons (Fsp3) is 0.368. The van der Waals surface area contributed by atoms with Gasteiger partial charge < -0.3 is 5.73 Å². The summed E-state index contributed by atoms with van der Waals surface area (Å²) in [5, 5.41) is 0. The molecule has 5 heteroatoms. The molecule has 2 nitrogen and oxygen atoms in total. The van der Waals surface area contributed by atoms with Crippen molar-refractivity contribution in [2.24, 2.45) is 5.73 Å². The lowest BCUT2D eigenvalue weighted by Crippen LogP contribution is -2.37. The Hall–Kier alpha value is -1.85. The maximum atomic E-state index is 13.1. The zero-order valence-electron chi connectivity index (χ0n) is 13.2. The van der Waals surface area contributed by atoms with Gasteiger partial charge in [-0.3, -0.25) is 4.90 Å². The van der Waals surface area contributed by atoms with E-state index in [2.05, 4.69) is 17.0 Å². The molecule has 0 aromatic heterocycles. The molecule has 126 valence electrons. The van der Waals surface area contributed by atoms with Crippen molar-refractivity contribution in [1.82, 2.24) is 4.90 Å². The van der Waals surface area contributed by atoms with Crippen LogP contribution in [0.25, 0.3) is 0 Å². The van der Waals surface area contributed by atoms with E-state index in [4.69, 9.17) is 5.73 Å². The molecule has 1 aliphatic heterocycles. The second kappa shape index (κ2) is 5.33. The highest BCUT2D eigenvalue weighted by Crippen LogP contribution is 2.56. The summed E-state index contributed by atoms with van der Waals surface area (Å²) >= 11 is 0. The van der Waals surface area contributed by atoms with Crippen LogP contribution in [-0.4, -0.2) is 11.4 Å². The average Bonchev–Trinajstić information content (AvgIpc) is 3.29. The van der Waals surface area contributed by atoms with Crippen LogP contribution in [0.4, 0.5) is 13.2 Å². The van der Waals surface area contributed by atoms with E-state index in [1.165, 1.54) is 17.7 Å². The second-order valence-electron chi connectivity index (χ2n) is 6.69. The van der Waals surface area contributed by atoms with Crippen LogP contribution in [0, 0.1) is 0 Å². The van der Waals surface area contributed by atoms with Crippen LogP contribution in [0.1, 0.15) is 41.1 Å². The van der Waals surface area contributed by atoms with Crippen molar-refractivity contribution in [3.63, 3.8) is 0 Å². The van der Waals surface area contributed by atoms with Crippen molar-refractivity contribution in [2.45, 2.75) is 37.1 Å². The van der Waals surface area contributed by atoms with Gasteiger partial charge in [-0.05, 0) is 41.7 Å². The van der Waals surface area contributed by atoms with Crippen LogP contribution in [0.3, 0.4) is 0 Å². The molecule has 4 rings (SSSR count). The molecule has 2 N–H and O–H groups in total. The number of hydrogen-bond acceptors (Lipinski definition) is 2. The predicted octanol–water partition coefficient (Wildman–Crippen LogP) is 4.21. The minimum atomic E-state index is -4.32. The fourth-order valence-electron chi connectivity index (χ4n) is 4.00. The van der Waals surface area contributed by atoms with Crippen LogP contribution in [-0.2, 0) is 18.3 Å². The molecule has 1 fully saturated rings. The Morgan fingerprint density at radius 3 is 2.38 bits per heavy atom. The lowest BCUT2D eigenvalue weighted by Gasteiger charge is -2.33. The van der Waals surface area contributed by atoms with Gasteiger partial charge in [0.15, 0.2) is 0 Å². The Labute approximate surface area is 139 Å². The van der Waals surface area contributed by atoms with E-state index in [1.54, 1.807) is 6.07 Å². The second-order valence-corrected chi connectivity index (χ2v) is 6.69. The summed E-state index contributed by atoms with van der Waals surface area (Å²) in [5.74, 6) is 0. The van der Waals surface area contributed by atoms with E-state index in [-0.39, 0.29) is 11.6 Å². The standard InChI is InChI=1S/C19H19F3N2/c20-19(21,22)15-7-6-13-12-24(17(11-23)16(13)10-15)18(8-9-18)14-4-2-1-3-5-14/h1-7,10,17H,8-9,11-12,23H2. The van der Waals surface area contributed by atoms with Crippen molar-refractivity contribution in [3.8, 4) is 0 Å². The van der Waals surface area contributed by atoms with E-state index in [9.17, 15) is 13.2 Å². The van der Waals surface area contributed by atoms with Crippen molar-refractivity contribution >= 4 is 0 Å². The third kappa shape index (κ3) is 2.34. The van der Waals surface area contributed by atoms with E-state index in [0.29, 0.717) is 13.1 Å². The van der Waals surface area contributed by atoms with Gasteiger partial charge in [-0.25, -0.2) is 0 Å². The first-order valence-corrected chi connectivity index (χ1v) is 8.18. The molecule has 0 spiro atoms. The predicted molar refractivity (Wildman–Crippen MR) is 86.1 cm³/mol. The molecule has 1 aliphatic carbocycles. The first-order valence-electron chi connectivity index (χ1n) is 8.18. The molecule has 1 heterocycles. The van der Waals surface area contributed by atoms with Crippen LogP contribution in [0.5, 0.6) is 0 Å². The normalized spacial score (nSPS) is 22.4. The number of nitrogens with two attached hydrogens (primary N) is 1. The molecule has 1 atom stereocenters. The topological polar surface area (TPSA) is 29.3 Å². The van der Waals surface area contributed by atoms with Gasteiger partial charge in [-0.15, -0.1) is 0 Å². The van der Waals surface area contributed by atoms with Crippen molar-refractivity contribution in [3.05, 3.63) is 70.8 Å². The Morgan fingerprint density at radius 2 is 1.79 bits per heavy atom. The zero-order valence-corrected chi connectivity index (χ0v) is 13.2. The van der Waals surface area contributed by atoms with Crippen LogP contribution < -0.4 is 5.73 Å². The number of alkyl halides is 3. The molecular weight excluding hydrogens is 313 g/mol. The van der Waals surface area contributed by atoms with Gasteiger partial charge in [-0.2, -0.15) is 13.2 Å². The Morgan fingerprint density at radius 1 is 1.08 bits per heavy atom. The minimum absolute atomic E-state index is 0.0806. The maximum Gasteiger partial charge on any atom is 0.416 e. The minimum Gasteiger partial charge on any atom is -0.329 e. The molecule has 2 aromatic rings. The van der Waals surface area contributed by atoms with Gasteiger partial charge in [0.05, 0.1) is 5.56 Å². The van der Waals surface area contributed by atoms with Gasteiger partial charge in [0.1, 0.15) is 0 Å². The lowest BCUT2D eigenvalue weighted by atomic mass is 9.99. The van der Waals surface area contributed by atoms with Crippen LogP contribution in [0.15, 0.2) is 48.5 Å². The number of benzene rings is 2. The number of nitrogens with zero attached hydrogens (tertiary/aromatic N) is 1. The van der Waals surface area contributed by atoms with Gasteiger partial charge >= 0.3 is 6.18 Å². The van der Waals surface area contributed by atoms with Crippen LogP contribution in [0.2, 0.25) is 0 Å². The van der Waals surface area contributed by atoms with Gasteiger partial charge in [0, 0.05) is 24.7 Å². The zero-order chi connectivity index (χ0) is 16.9. The summed E-state index contributed by atoms with van der Waals surface area (Å²) in [4.78, 5) is 2.30. The molecule has 0 amide bonds.